The molecular weight excluding hydrogens is 280 g/mol. The number of aliphatic carboxylic acids is 1. The van der Waals surface area contributed by atoms with Gasteiger partial charge in [-0.1, -0.05) is 62.4 Å². The van der Waals surface area contributed by atoms with Gasteiger partial charge in [-0.25, -0.2) is 0 Å². The van der Waals surface area contributed by atoms with Crippen molar-refractivity contribution in [3.8, 4) is 0 Å². The Hall–Kier alpha value is -1.84. The third kappa shape index (κ3) is 5.51. The van der Waals surface area contributed by atoms with Crippen molar-refractivity contribution in [1.82, 2.24) is 0 Å². The number of carbonyl (C=O) groups excluding carboxylic acids is 1. The molecule has 4 heteroatoms. The molecule has 0 aromatic heterocycles. The van der Waals surface area contributed by atoms with Crippen molar-refractivity contribution in [1.29, 1.82) is 0 Å². The summed E-state index contributed by atoms with van der Waals surface area (Å²) in [4.78, 5) is 23.3. The second-order valence-electron chi connectivity index (χ2n) is 6.13. The summed E-state index contributed by atoms with van der Waals surface area (Å²) in [7, 11) is 0. The molecule has 4 nitrogen and oxygen atoms in total. The molecule has 1 aliphatic carbocycles. The molecule has 0 radical (unpaired) electrons. The Kier molecular flexibility index (Phi) is 6.44. The average Bonchev–Trinajstić information content (AvgIpc) is 2.53. The largest absolute Gasteiger partial charge is 0.481 e. The summed E-state index contributed by atoms with van der Waals surface area (Å²) < 4.78 is 5.33. The van der Waals surface area contributed by atoms with Crippen molar-refractivity contribution in [3.05, 3.63) is 35.9 Å². The lowest BCUT2D eigenvalue weighted by Crippen LogP contribution is -2.24. The van der Waals surface area contributed by atoms with Crippen molar-refractivity contribution in [2.24, 2.45) is 11.8 Å². The van der Waals surface area contributed by atoms with Crippen LogP contribution in [0.4, 0.5) is 0 Å². The molecule has 0 bridgehead atoms. The van der Waals surface area contributed by atoms with Crippen LogP contribution in [0.3, 0.4) is 0 Å². The van der Waals surface area contributed by atoms with E-state index in [9.17, 15) is 9.59 Å². The molecule has 0 amide bonds. The Morgan fingerprint density at radius 2 is 1.82 bits per heavy atom. The molecule has 22 heavy (non-hydrogen) atoms. The Bertz CT molecular complexity index is 477. The zero-order valence-electron chi connectivity index (χ0n) is 12.9. The minimum absolute atomic E-state index is 0.135. The molecule has 1 saturated carbocycles. The predicted molar refractivity (Wildman–Crippen MR) is 83.2 cm³/mol. The van der Waals surface area contributed by atoms with E-state index in [1.807, 2.05) is 30.3 Å². The molecule has 0 heterocycles. The summed E-state index contributed by atoms with van der Waals surface area (Å²) in [5.74, 6) is -1.37. The molecule has 1 N–H and O–H groups in total. The second kappa shape index (κ2) is 8.57. The van der Waals surface area contributed by atoms with E-state index >= 15 is 0 Å². The van der Waals surface area contributed by atoms with Crippen LogP contribution in [0, 0.1) is 11.8 Å². The van der Waals surface area contributed by atoms with Crippen LogP contribution >= 0.6 is 0 Å². The fourth-order valence-corrected chi connectivity index (χ4v) is 3.15. The third-order valence-electron chi connectivity index (χ3n) is 4.32. The number of carboxylic acid groups (broad SMARTS) is 1. The monoisotopic (exact) mass is 304 g/mol. The van der Waals surface area contributed by atoms with Crippen molar-refractivity contribution < 1.29 is 19.4 Å². The van der Waals surface area contributed by atoms with E-state index in [1.54, 1.807) is 0 Å². The van der Waals surface area contributed by atoms with Gasteiger partial charge >= 0.3 is 11.9 Å². The summed E-state index contributed by atoms with van der Waals surface area (Å²) in [6.45, 7) is 0.209. The summed E-state index contributed by atoms with van der Waals surface area (Å²) in [6.07, 6.45) is 6.32. The number of carboxylic acids is 1. The van der Waals surface area contributed by atoms with Gasteiger partial charge in [-0.2, -0.15) is 0 Å². The van der Waals surface area contributed by atoms with Crippen LogP contribution in [0.15, 0.2) is 30.3 Å². The lowest BCUT2D eigenvalue weighted by Gasteiger charge is -2.25. The highest BCUT2D eigenvalue weighted by Crippen LogP contribution is 2.30. The zero-order valence-corrected chi connectivity index (χ0v) is 12.9. The SMILES string of the molecule is O=C(O)CC(CC1CCCCC1)C(=O)OCc1ccccc1. The number of rotatable bonds is 7. The first kappa shape index (κ1) is 16.5. The molecule has 1 aromatic carbocycles. The Morgan fingerprint density at radius 3 is 2.45 bits per heavy atom. The lowest BCUT2D eigenvalue weighted by atomic mass is 9.82. The molecule has 1 unspecified atom stereocenters. The molecule has 1 atom stereocenters. The van der Waals surface area contributed by atoms with E-state index in [4.69, 9.17) is 9.84 Å². The van der Waals surface area contributed by atoms with Crippen LogP contribution in [0.1, 0.15) is 50.5 Å². The molecule has 120 valence electrons. The molecule has 0 saturated heterocycles. The summed E-state index contributed by atoms with van der Waals surface area (Å²) in [5.41, 5.74) is 0.919. The first-order chi connectivity index (χ1) is 10.6. The summed E-state index contributed by atoms with van der Waals surface area (Å²) >= 11 is 0. The van der Waals surface area contributed by atoms with Gasteiger partial charge < -0.3 is 9.84 Å². The fraction of sp³-hybridized carbons (Fsp3) is 0.556. The number of hydrogen-bond donors (Lipinski definition) is 1. The first-order valence-electron chi connectivity index (χ1n) is 8.07. The standard InChI is InChI=1S/C18H24O4/c19-17(20)12-16(11-14-7-3-1-4-8-14)18(21)22-13-15-9-5-2-6-10-15/h2,5-6,9-10,14,16H,1,3-4,7-8,11-13H2,(H,19,20). The van der Waals surface area contributed by atoms with Crippen LogP contribution in [0.25, 0.3) is 0 Å². The predicted octanol–water partition coefficient (Wildman–Crippen LogP) is 3.79. The maximum absolute atomic E-state index is 12.2. The van der Waals surface area contributed by atoms with Crippen molar-refractivity contribution in [3.63, 3.8) is 0 Å². The van der Waals surface area contributed by atoms with Crippen LogP contribution in [-0.2, 0) is 20.9 Å². The maximum Gasteiger partial charge on any atom is 0.309 e. The van der Waals surface area contributed by atoms with Gasteiger partial charge in [0.25, 0.3) is 0 Å². The van der Waals surface area contributed by atoms with E-state index in [1.165, 1.54) is 19.3 Å². The highest BCUT2D eigenvalue weighted by atomic mass is 16.5. The van der Waals surface area contributed by atoms with Gasteiger partial charge in [0, 0.05) is 0 Å². The van der Waals surface area contributed by atoms with E-state index in [0.29, 0.717) is 12.3 Å². The minimum Gasteiger partial charge on any atom is -0.481 e. The maximum atomic E-state index is 12.2. The van der Waals surface area contributed by atoms with E-state index in [0.717, 1.165) is 18.4 Å². The van der Waals surface area contributed by atoms with Gasteiger partial charge in [0.05, 0.1) is 12.3 Å². The molecule has 0 spiro atoms. The number of ether oxygens (including phenoxy) is 1. The van der Waals surface area contributed by atoms with Crippen LogP contribution in [0.5, 0.6) is 0 Å². The summed E-state index contributed by atoms with van der Waals surface area (Å²) in [5, 5.41) is 9.04. The first-order valence-corrected chi connectivity index (χ1v) is 8.07. The smallest absolute Gasteiger partial charge is 0.309 e. The van der Waals surface area contributed by atoms with Gasteiger partial charge in [-0.05, 0) is 17.9 Å². The van der Waals surface area contributed by atoms with Crippen LogP contribution < -0.4 is 0 Å². The Morgan fingerprint density at radius 1 is 1.14 bits per heavy atom. The highest BCUT2D eigenvalue weighted by molar-refractivity contribution is 5.79. The molecule has 1 fully saturated rings. The Balaban J connectivity index is 1.88. The van der Waals surface area contributed by atoms with E-state index in [2.05, 4.69) is 0 Å². The number of hydrogen-bond acceptors (Lipinski definition) is 3. The zero-order chi connectivity index (χ0) is 15.8. The van der Waals surface area contributed by atoms with Gasteiger partial charge in [-0.15, -0.1) is 0 Å². The molecule has 1 aromatic rings. The van der Waals surface area contributed by atoms with Crippen molar-refractivity contribution >= 4 is 11.9 Å². The van der Waals surface area contributed by atoms with Gasteiger partial charge in [0.1, 0.15) is 6.61 Å². The third-order valence-corrected chi connectivity index (χ3v) is 4.32. The fourth-order valence-electron chi connectivity index (χ4n) is 3.15. The lowest BCUT2D eigenvalue weighted by molar-refractivity contribution is -0.155. The van der Waals surface area contributed by atoms with E-state index in [-0.39, 0.29) is 19.0 Å². The molecule has 0 aliphatic heterocycles. The summed E-state index contributed by atoms with van der Waals surface area (Å²) in [6, 6.07) is 9.46. The van der Waals surface area contributed by atoms with Crippen LogP contribution in [0.2, 0.25) is 0 Å². The topological polar surface area (TPSA) is 63.6 Å². The quantitative estimate of drug-likeness (QED) is 0.778. The van der Waals surface area contributed by atoms with Crippen molar-refractivity contribution in [2.75, 3.05) is 0 Å². The van der Waals surface area contributed by atoms with Gasteiger partial charge in [0.15, 0.2) is 0 Å². The molecule has 2 rings (SSSR count). The van der Waals surface area contributed by atoms with Crippen molar-refractivity contribution in [2.45, 2.75) is 51.6 Å². The highest BCUT2D eigenvalue weighted by Gasteiger charge is 2.27. The van der Waals surface area contributed by atoms with E-state index < -0.39 is 11.9 Å². The second-order valence-corrected chi connectivity index (χ2v) is 6.13. The van der Waals surface area contributed by atoms with Gasteiger partial charge in [0.2, 0.25) is 0 Å². The normalized spacial score (nSPS) is 16.9. The number of carbonyl (C=O) groups is 2. The van der Waals surface area contributed by atoms with Gasteiger partial charge in [-0.3, -0.25) is 9.59 Å². The number of benzene rings is 1. The molecular formula is C18H24O4. The average molecular weight is 304 g/mol. The Labute approximate surface area is 131 Å². The minimum atomic E-state index is -0.933. The number of esters is 1. The van der Waals surface area contributed by atoms with Crippen LogP contribution in [-0.4, -0.2) is 17.0 Å². The molecule has 1 aliphatic rings.